The van der Waals surface area contributed by atoms with Gasteiger partial charge in [0, 0.05) is 30.2 Å². The lowest BCUT2D eigenvalue weighted by Crippen LogP contribution is -2.00. The summed E-state index contributed by atoms with van der Waals surface area (Å²) in [6.07, 6.45) is 0.887. The van der Waals surface area contributed by atoms with Crippen molar-refractivity contribution in [3.05, 3.63) is 45.4 Å². The SMILES string of the molecule is COc1cc(Cl)c(-c2cc(CN)c3c(c2)CCO3)cc1Cl. The Morgan fingerprint density at radius 1 is 1.19 bits per heavy atom. The normalized spacial score (nSPS) is 13.0. The summed E-state index contributed by atoms with van der Waals surface area (Å²) < 4.78 is 10.8. The highest BCUT2D eigenvalue weighted by Gasteiger charge is 2.19. The maximum absolute atomic E-state index is 6.36. The van der Waals surface area contributed by atoms with Crippen molar-refractivity contribution >= 4 is 23.2 Å². The highest BCUT2D eigenvalue weighted by atomic mass is 35.5. The van der Waals surface area contributed by atoms with Crippen molar-refractivity contribution in [3.63, 3.8) is 0 Å². The van der Waals surface area contributed by atoms with Crippen molar-refractivity contribution in [2.24, 2.45) is 5.73 Å². The first kappa shape index (κ1) is 14.5. The summed E-state index contributed by atoms with van der Waals surface area (Å²) in [6, 6.07) is 7.64. The molecule has 110 valence electrons. The van der Waals surface area contributed by atoms with Crippen LogP contribution < -0.4 is 15.2 Å². The van der Waals surface area contributed by atoms with Crippen LogP contribution in [0.5, 0.6) is 11.5 Å². The Bertz CT molecular complexity index is 701. The number of ether oxygens (including phenoxy) is 2. The summed E-state index contributed by atoms with van der Waals surface area (Å²) in [5.74, 6) is 1.48. The molecule has 5 heteroatoms. The van der Waals surface area contributed by atoms with Gasteiger partial charge < -0.3 is 15.2 Å². The van der Waals surface area contributed by atoms with E-state index >= 15 is 0 Å². The number of benzene rings is 2. The van der Waals surface area contributed by atoms with Crippen molar-refractivity contribution in [2.75, 3.05) is 13.7 Å². The summed E-state index contributed by atoms with van der Waals surface area (Å²) in [6.45, 7) is 1.13. The third kappa shape index (κ3) is 2.57. The van der Waals surface area contributed by atoms with E-state index in [1.165, 1.54) is 0 Å². The van der Waals surface area contributed by atoms with Gasteiger partial charge in [-0.1, -0.05) is 23.2 Å². The van der Waals surface area contributed by atoms with Gasteiger partial charge in [-0.3, -0.25) is 0 Å². The predicted molar refractivity (Wildman–Crippen MR) is 85.5 cm³/mol. The van der Waals surface area contributed by atoms with Gasteiger partial charge in [0.05, 0.1) is 23.8 Å². The molecule has 0 saturated heterocycles. The van der Waals surface area contributed by atoms with E-state index in [1.807, 2.05) is 12.1 Å². The van der Waals surface area contributed by atoms with E-state index in [0.717, 1.165) is 34.4 Å². The molecule has 0 aliphatic carbocycles. The van der Waals surface area contributed by atoms with Crippen LogP contribution in [0, 0.1) is 0 Å². The topological polar surface area (TPSA) is 44.5 Å². The molecule has 3 nitrogen and oxygen atoms in total. The number of hydrogen-bond donors (Lipinski definition) is 1. The van der Waals surface area contributed by atoms with Crippen LogP contribution in [0.15, 0.2) is 24.3 Å². The zero-order chi connectivity index (χ0) is 15.0. The van der Waals surface area contributed by atoms with E-state index < -0.39 is 0 Å². The second kappa shape index (κ2) is 5.76. The largest absolute Gasteiger partial charge is 0.495 e. The van der Waals surface area contributed by atoms with Crippen molar-refractivity contribution in [3.8, 4) is 22.6 Å². The molecule has 0 fully saturated rings. The van der Waals surface area contributed by atoms with Crippen LogP contribution in [-0.4, -0.2) is 13.7 Å². The second-order valence-corrected chi connectivity index (χ2v) is 5.71. The lowest BCUT2D eigenvalue weighted by atomic mass is 9.98. The Hall–Kier alpha value is -1.42. The maximum atomic E-state index is 6.36. The molecule has 2 N–H and O–H groups in total. The first-order valence-corrected chi connectivity index (χ1v) is 7.41. The number of fused-ring (bicyclic) bond motifs is 1. The number of halogens is 2. The Morgan fingerprint density at radius 3 is 2.71 bits per heavy atom. The number of hydrogen-bond acceptors (Lipinski definition) is 3. The molecule has 0 bridgehead atoms. The van der Waals surface area contributed by atoms with E-state index in [-0.39, 0.29) is 0 Å². The van der Waals surface area contributed by atoms with E-state index in [1.54, 1.807) is 13.2 Å². The van der Waals surface area contributed by atoms with Crippen molar-refractivity contribution in [1.82, 2.24) is 0 Å². The predicted octanol–water partition coefficient (Wildman–Crippen LogP) is 4.06. The molecule has 0 amide bonds. The summed E-state index contributed by atoms with van der Waals surface area (Å²) in [7, 11) is 1.57. The van der Waals surface area contributed by atoms with Crippen LogP contribution in [0.25, 0.3) is 11.1 Å². The molecule has 2 aromatic rings. The molecule has 0 radical (unpaired) electrons. The fourth-order valence-corrected chi connectivity index (χ4v) is 3.11. The molecule has 2 aromatic carbocycles. The Balaban J connectivity index is 2.15. The first-order valence-electron chi connectivity index (χ1n) is 6.66. The van der Waals surface area contributed by atoms with E-state index in [9.17, 15) is 0 Å². The molecule has 1 aliphatic rings. The molecule has 1 heterocycles. The molecule has 0 aromatic heterocycles. The Kier molecular flexibility index (Phi) is 3.98. The fourth-order valence-electron chi connectivity index (χ4n) is 2.60. The van der Waals surface area contributed by atoms with Crippen LogP contribution in [0.3, 0.4) is 0 Å². The fraction of sp³-hybridized carbons (Fsp3) is 0.250. The zero-order valence-corrected chi connectivity index (χ0v) is 13.1. The number of methoxy groups -OCH3 is 1. The van der Waals surface area contributed by atoms with E-state index in [2.05, 4.69) is 6.07 Å². The highest BCUT2D eigenvalue weighted by Crippen LogP contribution is 2.40. The Labute approximate surface area is 133 Å². The average Bonchev–Trinajstić information content (AvgIpc) is 2.96. The summed E-state index contributed by atoms with van der Waals surface area (Å²) in [4.78, 5) is 0. The molecule has 0 unspecified atom stereocenters. The lowest BCUT2D eigenvalue weighted by Gasteiger charge is -2.13. The average molecular weight is 324 g/mol. The molecule has 0 atom stereocenters. The highest BCUT2D eigenvalue weighted by molar-refractivity contribution is 6.36. The standard InChI is InChI=1S/C16H15Cl2NO2/c1-20-15-7-13(17)12(6-14(15)18)10-4-9-2-3-21-16(9)11(5-10)8-19/h4-7H,2-3,8,19H2,1H3. The van der Waals surface area contributed by atoms with Gasteiger partial charge in [-0.05, 0) is 29.3 Å². The number of nitrogens with two attached hydrogens (primary N) is 1. The molecule has 3 rings (SSSR count). The van der Waals surface area contributed by atoms with Crippen molar-refractivity contribution < 1.29 is 9.47 Å². The zero-order valence-electron chi connectivity index (χ0n) is 11.6. The lowest BCUT2D eigenvalue weighted by molar-refractivity contribution is 0.353. The molecular weight excluding hydrogens is 309 g/mol. The summed E-state index contributed by atoms with van der Waals surface area (Å²) in [5.41, 5.74) is 9.84. The second-order valence-electron chi connectivity index (χ2n) is 4.89. The molecule has 1 aliphatic heterocycles. The van der Waals surface area contributed by atoms with E-state index in [4.69, 9.17) is 38.4 Å². The smallest absolute Gasteiger partial charge is 0.138 e. The number of rotatable bonds is 3. The summed E-state index contributed by atoms with van der Waals surface area (Å²) in [5, 5.41) is 1.13. The molecule has 21 heavy (non-hydrogen) atoms. The van der Waals surface area contributed by atoms with Gasteiger partial charge in [0.1, 0.15) is 11.5 Å². The minimum Gasteiger partial charge on any atom is -0.495 e. The van der Waals surface area contributed by atoms with Crippen molar-refractivity contribution in [2.45, 2.75) is 13.0 Å². The van der Waals surface area contributed by atoms with Gasteiger partial charge in [-0.2, -0.15) is 0 Å². The van der Waals surface area contributed by atoms with Crippen LogP contribution in [0.4, 0.5) is 0 Å². The van der Waals surface area contributed by atoms with Crippen LogP contribution in [-0.2, 0) is 13.0 Å². The molecule has 0 spiro atoms. The van der Waals surface area contributed by atoms with Crippen LogP contribution in [0.2, 0.25) is 10.0 Å². The quantitative estimate of drug-likeness (QED) is 0.926. The molecule has 0 saturated carbocycles. The Morgan fingerprint density at radius 2 is 2.00 bits per heavy atom. The molecular formula is C16H15Cl2NO2. The van der Waals surface area contributed by atoms with Gasteiger partial charge in [0.2, 0.25) is 0 Å². The monoisotopic (exact) mass is 323 g/mol. The van der Waals surface area contributed by atoms with Gasteiger partial charge in [-0.15, -0.1) is 0 Å². The van der Waals surface area contributed by atoms with Gasteiger partial charge in [-0.25, -0.2) is 0 Å². The first-order chi connectivity index (χ1) is 10.1. The maximum Gasteiger partial charge on any atom is 0.138 e. The van der Waals surface area contributed by atoms with Gasteiger partial charge >= 0.3 is 0 Å². The van der Waals surface area contributed by atoms with Crippen LogP contribution in [0.1, 0.15) is 11.1 Å². The summed E-state index contributed by atoms with van der Waals surface area (Å²) >= 11 is 12.6. The van der Waals surface area contributed by atoms with Gasteiger partial charge in [0.15, 0.2) is 0 Å². The van der Waals surface area contributed by atoms with E-state index in [0.29, 0.717) is 28.9 Å². The van der Waals surface area contributed by atoms with Crippen LogP contribution >= 0.6 is 23.2 Å². The third-order valence-corrected chi connectivity index (χ3v) is 4.24. The minimum atomic E-state index is 0.428. The van der Waals surface area contributed by atoms with Gasteiger partial charge in [0.25, 0.3) is 0 Å². The van der Waals surface area contributed by atoms with Crippen molar-refractivity contribution in [1.29, 1.82) is 0 Å². The third-order valence-electron chi connectivity index (χ3n) is 3.63. The minimum absolute atomic E-state index is 0.428.